The number of hydrogen-bond donors (Lipinski definition) is 2. The second kappa shape index (κ2) is 9.46. The Morgan fingerprint density at radius 2 is 1.46 bits per heavy atom. The van der Waals surface area contributed by atoms with Crippen LogP contribution in [0.3, 0.4) is 0 Å². The van der Waals surface area contributed by atoms with Crippen molar-refractivity contribution >= 4 is 17.3 Å². The highest BCUT2D eigenvalue weighted by molar-refractivity contribution is 5.92. The number of anilines is 2. The summed E-state index contributed by atoms with van der Waals surface area (Å²) in [7, 11) is 1.57. The molecular formula is C23H24N2O3. The Hall–Kier alpha value is -3.47. The number of amides is 1. The van der Waals surface area contributed by atoms with E-state index < -0.39 is 0 Å². The summed E-state index contributed by atoms with van der Waals surface area (Å²) in [5, 5.41) is 6.28. The molecule has 3 aromatic carbocycles. The van der Waals surface area contributed by atoms with E-state index >= 15 is 0 Å². The summed E-state index contributed by atoms with van der Waals surface area (Å²) in [4.78, 5) is 12.1. The van der Waals surface area contributed by atoms with Crippen molar-refractivity contribution in [2.45, 2.75) is 13.0 Å². The number of carbonyl (C=O) groups is 1. The van der Waals surface area contributed by atoms with Crippen LogP contribution in [0.2, 0.25) is 0 Å². The lowest BCUT2D eigenvalue weighted by molar-refractivity contribution is -0.118. The van der Waals surface area contributed by atoms with Gasteiger partial charge in [0, 0.05) is 17.4 Å². The number of nitrogens with one attached hydrogen (secondary N) is 2. The van der Waals surface area contributed by atoms with Crippen LogP contribution < -0.4 is 20.1 Å². The Morgan fingerprint density at radius 3 is 2.14 bits per heavy atom. The maximum absolute atomic E-state index is 12.1. The van der Waals surface area contributed by atoms with E-state index in [4.69, 9.17) is 9.47 Å². The van der Waals surface area contributed by atoms with Gasteiger partial charge in [0.2, 0.25) is 0 Å². The van der Waals surface area contributed by atoms with Gasteiger partial charge in [0.25, 0.3) is 5.91 Å². The minimum atomic E-state index is -0.232. The molecule has 3 aromatic rings. The third kappa shape index (κ3) is 5.27. The predicted octanol–water partition coefficient (Wildman–Crippen LogP) is 4.89. The van der Waals surface area contributed by atoms with Gasteiger partial charge in [-0.05, 0) is 48.9 Å². The van der Waals surface area contributed by atoms with Crippen LogP contribution in [-0.4, -0.2) is 19.6 Å². The van der Waals surface area contributed by atoms with Crippen molar-refractivity contribution in [1.82, 2.24) is 0 Å². The van der Waals surface area contributed by atoms with Gasteiger partial charge in [-0.3, -0.25) is 4.79 Å². The van der Waals surface area contributed by atoms with Crippen molar-refractivity contribution in [3.05, 3.63) is 84.4 Å². The molecule has 0 aliphatic carbocycles. The van der Waals surface area contributed by atoms with E-state index in [1.165, 1.54) is 5.56 Å². The smallest absolute Gasteiger partial charge is 0.262 e. The fourth-order valence-corrected chi connectivity index (χ4v) is 2.80. The summed E-state index contributed by atoms with van der Waals surface area (Å²) in [6, 6.07) is 25.3. The fraction of sp³-hybridized carbons (Fsp3) is 0.174. The second-order valence-corrected chi connectivity index (χ2v) is 6.34. The molecule has 0 aromatic heterocycles. The largest absolute Gasteiger partial charge is 0.493 e. The molecular weight excluding hydrogens is 352 g/mol. The summed E-state index contributed by atoms with van der Waals surface area (Å²) in [5.41, 5.74) is 2.92. The van der Waals surface area contributed by atoms with Gasteiger partial charge >= 0.3 is 0 Å². The molecule has 0 bridgehead atoms. The molecule has 28 heavy (non-hydrogen) atoms. The standard InChI is InChI=1S/C23H24N2O3/c1-17(18-8-4-3-5-9-18)24-19-12-14-20(15-13-19)25-23(26)16-28-22-11-7-6-10-21(22)27-2/h3-15,17,24H,16H2,1-2H3,(H,25,26). The zero-order valence-electron chi connectivity index (χ0n) is 16.0. The number of rotatable bonds is 8. The Bertz CT molecular complexity index is 895. The van der Waals surface area contributed by atoms with Gasteiger partial charge < -0.3 is 20.1 Å². The molecule has 0 saturated heterocycles. The molecule has 0 radical (unpaired) electrons. The van der Waals surface area contributed by atoms with Crippen LogP contribution >= 0.6 is 0 Å². The Kier molecular flexibility index (Phi) is 6.52. The molecule has 1 amide bonds. The van der Waals surface area contributed by atoms with Crippen molar-refractivity contribution in [3.63, 3.8) is 0 Å². The van der Waals surface area contributed by atoms with Crippen LogP contribution in [0, 0.1) is 0 Å². The van der Waals surface area contributed by atoms with Gasteiger partial charge in [-0.25, -0.2) is 0 Å². The normalized spacial score (nSPS) is 11.4. The topological polar surface area (TPSA) is 59.6 Å². The fourth-order valence-electron chi connectivity index (χ4n) is 2.80. The first-order chi connectivity index (χ1) is 13.7. The Labute approximate surface area is 165 Å². The minimum absolute atomic E-state index is 0.0918. The third-order valence-electron chi connectivity index (χ3n) is 4.28. The van der Waals surface area contributed by atoms with Crippen molar-refractivity contribution in [2.75, 3.05) is 24.4 Å². The van der Waals surface area contributed by atoms with Gasteiger partial charge in [0.05, 0.1) is 7.11 Å². The maximum Gasteiger partial charge on any atom is 0.262 e. The predicted molar refractivity (Wildman–Crippen MR) is 112 cm³/mol. The van der Waals surface area contributed by atoms with Crippen LogP contribution in [0.15, 0.2) is 78.9 Å². The van der Waals surface area contributed by atoms with Gasteiger partial charge in [-0.2, -0.15) is 0 Å². The highest BCUT2D eigenvalue weighted by Crippen LogP contribution is 2.25. The Balaban J connectivity index is 1.51. The van der Waals surface area contributed by atoms with E-state index in [0.29, 0.717) is 17.2 Å². The molecule has 1 atom stereocenters. The van der Waals surface area contributed by atoms with Crippen molar-refractivity contribution in [1.29, 1.82) is 0 Å². The monoisotopic (exact) mass is 376 g/mol. The third-order valence-corrected chi connectivity index (χ3v) is 4.28. The van der Waals surface area contributed by atoms with Crippen LogP contribution in [-0.2, 0) is 4.79 Å². The van der Waals surface area contributed by atoms with Gasteiger partial charge in [0.15, 0.2) is 18.1 Å². The van der Waals surface area contributed by atoms with Gasteiger partial charge in [-0.1, -0.05) is 42.5 Å². The maximum atomic E-state index is 12.1. The second-order valence-electron chi connectivity index (χ2n) is 6.34. The number of carbonyl (C=O) groups excluding carboxylic acids is 1. The lowest BCUT2D eigenvalue weighted by atomic mass is 10.1. The zero-order chi connectivity index (χ0) is 19.8. The van der Waals surface area contributed by atoms with Crippen LogP contribution in [0.25, 0.3) is 0 Å². The minimum Gasteiger partial charge on any atom is -0.493 e. The van der Waals surface area contributed by atoms with Crippen molar-refractivity contribution < 1.29 is 14.3 Å². The molecule has 0 aliphatic rings. The molecule has 0 aliphatic heterocycles. The van der Waals surface area contributed by atoms with E-state index in [9.17, 15) is 4.79 Å². The number of hydrogen-bond acceptors (Lipinski definition) is 4. The van der Waals surface area contributed by atoms with Crippen LogP contribution in [0.4, 0.5) is 11.4 Å². The number of benzene rings is 3. The quantitative estimate of drug-likeness (QED) is 0.588. The Morgan fingerprint density at radius 1 is 0.857 bits per heavy atom. The molecule has 0 saturated carbocycles. The summed E-state index contributed by atoms with van der Waals surface area (Å²) in [6.07, 6.45) is 0. The summed E-state index contributed by atoms with van der Waals surface area (Å²) < 4.78 is 10.7. The molecule has 0 spiro atoms. The summed E-state index contributed by atoms with van der Waals surface area (Å²) in [5.74, 6) is 0.900. The lowest BCUT2D eigenvalue weighted by Gasteiger charge is -2.16. The van der Waals surface area contributed by atoms with Crippen molar-refractivity contribution in [3.8, 4) is 11.5 Å². The molecule has 3 rings (SSSR count). The molecule has 1 unspecified atom stereocenters. The number of methoxy groups -OCH3 is 1. The van der Waals surface area contributed by atoms with E-state index in [0.717, 1.165) is 5.69 Å². The van der Waals surface area contributed by atoms with E-state index in [1.807, 2.05) is 54.6 Å². The average Bonchev–Trinajstić information content (AvgIpc) is 2.74. The van der Waals surface area contributed by atoms with Crippen LogP contribution in [0.1, 0.15) is 18.5 Å². The first-order valence-corrected chi connectivity index (χ1v) is 9.13. The van der Waals surface area contributed by atoms with Crippen LogP contribution in [0.5, 0.6) is 11.5 Å². The molecule has 144 valence electrons. The van der Waals surface area contributed by atoms with Gasteiger partial charge in [0.1, 0.15) is 0 Å². The lowest BCUT2D eigenvalue weighted by Crippen LogP contribution is -2.20. The molecule has 2 N–H and O–H groups in total. The van der Waals surface area contributed by atoms with E-state index in [-0.39, 0.29) is 18.6 Å². The zero-order valence-corrected chi connectivity index (χ0v) is 16.0. The molecule has 0 fully saturated rings. The summed E-state index contributed by atoms with van der Waals surface area (Å²) in [6.45, 7) is 2.02. The van der Waals surface area contributed by atoms with E-state index in [2.05, 4.69) is 29.7 Å². The number of para-hydroxylation sites is 2. The molecule has 5 nitrogen and oxygen atoms in total. The first-order valence-electron chi connectivity index (χ1n) is 9.13. The first kappa shape index (κ1) is 19.3. The van der Waals surface area contributed by atoms with E-state index in [1.54, 1.807) is 19.2 Å². The van der Waals surface area contributed by atoms with Crippen molar-refractivity contribution in [2.24, 2.45) is 0 Å². The average molecular weight is 376 g/mol. The SMILES string of the molecule is COc1ccccc1OCC(=O)Nc1ccc(NC(C)c2ccccc2)cc1. The van der Waals surface area contributed by atoms with Gasteiger partial charge in [-0.15, -0.1) is 0 Å². The number of ether oxygens (including phenoxy) is 2. The highest BCUT2D eigenvalue weighted by Gasteiger charge is 2.08. The summed E-state index contributed by atoms with van der Waals surface area (Å²) >= 11 is 0. The highest BCUT2D eigenvalue weighted by atomic mass is 16.5. The molecule has 0 heterocycles. The molecule has 5 heteroatoms.